The maximum absolute atomic E-state index is 13.8. The van der Waals surface area contributed by atoms with Gasteiger partial charge in [-0.1, -0.05) is 13.0 Å². The van der Waals surface area contributed by atoms with E-state index in [4.69, 9.17) is 0 Å². The number of piperidine rings is 1. The first-order valence-corrected chi connectivity index (χ1v) is 12.6. The Morgan fingerprint density at radius 3 is 2.55 bits per heavy atom. The zero-order valence-electron chi connectivity index (χ0n) is 18.8. The van der Waals surface area contributed by atoms with E-state index in [1.807, 2.05) is 0 Å². The Hall–Kier alpha value is -2.78. The maximum atomic E-state index is 13.8. The van der Waals surface area contributed by atoms with E-state index in [2.05, 4.69) is 12.2 Å². The molecule has 9 heteroatoms. The number of carbonyl (C=O) groups is 2. The van der Waals surface area contributed by atoms with Gasteiger partial charge in [-0.3, -0.25) is 9.59 Å². The minimum absolute atomic E-state index is 0.185. The molecule has 33 heavy (non-hydrogen) atoms. The number of hydrogen-bond acceptors (Lipinski definition) is 4. The van der Waals surface area contributed by atoms with Crippen LogP contribution in [0.4, 0.5) is 15.8 Å². The molecule has 0 aromatic heterocycles. The van der Waals surface area contributed by atoms with E-state index in [9.17, 15) is 22.4 Å². The highest BCUT2D eigenvalue weighted by atomic mass is 32.2. The molecule has 2 aromatic carbocycles. The van der Waals surface area contributed by atoms with Crippen molar-refractivity contribution in [3.63, 3.8) is 0 Å². The number of benzene rings is 2. The molecule has 0 spiro atoms. The maximum Gasteiger partial charge on any atom is 0.244 e. The molecule has 2 heterocycles. The molecule has 4 rings (SSSR count). The average Bonchev–Trinajstić information content (AvgIpc) is 2.78. The van der Waals surface area contributed by atoms with E-state index in [1.165, 1.54) is 21.3 Å². The predicted molar refractivity (Wildman–Crippen MR) is 124 cm³/mol. The number of carbonyl (C=O) groups excluding carboxylic acids is 2. The third-order valence-electron chi connectivity index (χ3n) is 6.39. The lowest BCUT2D eigenvalue weighted by molar-refractivity contribution is -0.121. The van der Waals surface area contributed by atoms with Gasteiger partial charge in [0.15, 0.2) is 0 Å². The standard InChI is InChI=1S/C24H28FN3O4S/c1-16-9-11-27(12-10-16)33(31,32)20-6-7-22-18(13-20)4-8-24(30)28(22)15-23(29)26-19-5-3-17(2)21(25)14-19/h3,5-7,13-14,16H,4,8-12,15H2,1-2H3,(H,26,29). The van der Waals surface area contributed by atoms with Crippen LogP contribution < -0.4 is 10.2 Å². The fourth-order valence-electron chi connectivity index (χ4n) is 4.26. The van der Waals surface area contributed by atoms with Gasteiger partial charge in [0.1, 0.15) is 12.4 Å². The first-order valence-electron chi connectivity index (χ1n) is 11.1. The number of nitrogens with one attached hydrogen (secondary N) is 1. The van der Waals surface area contributed by atoms with E-state index in [0.717, 1.165) is 18.4 Å². The van der Waals surface area contributed by atoms with Crippen molar-refractivity contribution in [1.29, 1.82) is 0 Å². The molecule has 7 nitrogen and oxygen atoms in total. The highest BCUT2D eigenvalue weighted by molar-refractivity contribution is 7.89. The molecule has 176 valence electrons. The van der Waals surface area contributed by atoms with Crippen LogP contribution in [0.25, 0.3) is 0 Å². The van der Waals surface area contributed by atoms with Crippen molar-refractivity contribution < 1.29 is 22.4 Å². The van der Waals surface area contributed by atoms with Gasteiger partial charge < -0.3 is 10.2 Å². The van der Waals surface area contributed by atoms with Gasteiger partial charge >= 0.3 is 0 Å². The molecule has 0 bridgehead atoms. The first kappa shape index (κ1) is 23.4. The number of anilines is 2. The van der Waals surface area contributed by atoms with E-state index in [1.54, 1.807) is 31.2 Å². The largest absolute Gasteiger partial charge is 0.324 e. The van der Waals surface area contributed by atoms with Crippen molar-refractivity contribution >= 4 is 33.2 Å². The number of nitrogens with zero attached hydrogens (tertiary/aromatic N) is 2. The Morgan fingerprint density at radius 2 is 1.85 bits per heavy atom. The number of sulfonamides is 1. The van der Waals surface area contributed by atoms with Gasteiger partial charge in [-0.2, -0.15) is 4.31 Å². The third kappa shape index (κ3) is 4.94. The van der Waals surface area contributed by atoms with Gasteiger partial charge in [-0.05, 0) is 73.6 Å². The van der Waals surface area contributed by atoms with Gasteiger partial charge in [0.05, 0.1) is 4.90 Å². The molecular formula is C24H28FN3O4S. The Morgan fingerprint density at radius 1 is 1.12 bits per heavy atom. The number of rotatable bonds is 5. The molecule has 1 saturated heterocycles. The smallest absolute Gasteiger partial charge is 0.244 e. The molecule has 0 radical (unpaired) electrons. The van der Waals surface area contributed by atoms with Crippen LogP contribution >= 0.6 is 0 Å². The molecular weight excluding hydrogens is 445 g/mol. The van der Waals surface area contributed by atoms with E-state index in [0.29, 0.717) is 42.4 Å². The molecule has 0 atom stereocenters. The van der Waals surface area contributed by atoms with Crippen molar-refractivity contribution in [3.05, 3.63) is 53.3 Å². The summed E-state index contributed by atoms with van der Waals surface area (Å²) in [5, 5.41) is 2.62. The molecule has 1 N–H and O–H groups in total. The van der Waals surface area contributed by atoms with Crippen LogP contribution in [-0.2, 0) is 26.0 Å². The Balaban J connectivity index is 1.52. The average molecular weight is 474 g/mol. The van der Waals surface area contributed by atoms with Gasteiger partial charge in [0.2, 0.25) is 21.8 Å². The van der Waals surface area contributed by atoms with Gasteiger partial charge in [-0.25, -0.2) is 12.8 Å². The second kappa shape index (κ2) is 9.23. The van der Waals surface area contributed by atoms with E-state index < -0.39 is 21.7 Å². The number of hydrogen-bond donors (Lipinski definition) is 1. The predicted octanol–water partition coefficient (Wildman–Crippen LogP) is 3.47. The summed E-state index contributed by atoms with van der Waals surface area (Å²) in [7, 11) is -3.61. The summed E-state index contributed by atoms with van der Waals surface area (Å²) in [6, 6.07) is 9.13. The van der Waals surface area contributed by atoms with Crippen LogP contribution in [0.5, 0.6) is 0 Å². The van der Waals surface area contributed by atoms with Crippen molar-refractivity contribution in [2.75, 3.05) is 29.9 Å². The van der Waals surface area contributed by atoms with E-state index in [-0.39, 0.29) is 23.8 Å². The van der Waals surface area contributed by atoms with Crippen molar-refractivity contribution in [2.24, 2.45) is 5.92 Å². The molecule has 0 saturated carbocycles. The summed E-state index contributed by atoms with van der Waals surface area (Å²) < 4.78 is 41.5. The molecule has 2 aromatic rings. The summed E-state index contributed by atoms with van der Waals surface area (Å²) in [6.07, 6.45) is 2.28. The molecule has 1 fully saturated rings. The highest BCUT2D eigenvalue weighted by Crippen LogP contribution is 2.32. The summed E-state index contributed by atoms with van der Waals surface area (Å²) in [5.74, 6) is -0.585. The Kier molecular flexibility index (Phi) is 6.54. The lowest BCUT2D eigenvalue weighted by Gasteiger charge is -2.31. The lowest BCUT2D eigenvalue weighted by atomic mass is 10.0. The normalized spacial score (nSPS) is 17.7. The topological polar surface area (TPSA) is 86.8 Å². The molecule has 0 aliphatic carbocycles. The van der Waals surface area contributed by atoms with Crippen LogP contribution in [-0.4, -0.2) is 44.2 Å². The molecule has 2 aliphatic rings. The van der Waals surface area contributed by atoms with Gasteiger partial charge in [-0.15, -0.1) is 0 Å². The highest BCUT2D eigenvalue weighted by Gasteiger charge is 2.31. The third-order valence-corrected chi connectivity index (χ3v) is 8.28. The van der Waals surface area contributed by atoms with Crippen LogP contribution in [0.15, 0.2) is 41.3 Å². The van der Waals surface area contributed by atoms with Crippen LogP contribution in [0, 0.1) is 18.7 Å². The monoisotopic (exact) mass is 473 g/mol. The number of halogens is 1. The number of aryl methyl sites for hydroxylation is 2. The molecule has 0 unspecified atom stereocenters. The van der Waals surface area contributed by atoms with Gasteiger partial charge in [0, 0.05) is 30.9 Å². The minimum Gasteiger partial charge on any atom is -0.324 e. The molecule has 2 amide bonds. The first-order chi connectivity index (χ1) is 15.6. The summed E-state index contributed by atoms with van der Waals surface area (Å²) in [4.78, 5) is 26.7. The second-order valence-corrected chi connectivity index (χ2v) is 10.8. The molecule has 2 aliphatic heterocycles. The summed E-state index contributed by atoms with van der Waals surface area (Å²) in [5.41, 5.74) is 2.03. The Bertz CT molecular complexity index is 1190. The van der Waals surface area contributed by atoms with Crippen molar-refractivity contribution in [2.45, 2.75) is 44.4 Å². The lowest BCUT2D eigenvalue weighted by Crippen LogP contribution is -2.41. The fourth-order valence-corrected chi connectivity index (χ4v) is 5.78. The SMILES string of the molecule is Cc1ccc(NC(=O)CN2C(=O)CCc3cc(S(=O)(=O)N4CCC(C)CC4)ccc32)cc1F. The number of amides is 2. The summed E-state index contributed by atoms with van der Waals surface area (Å²) in [6.45, 7) is 4.53. The van der Waals surface area contributed by atoms with Crippen LogP contribution in [0.2, 0.25) is 0 Å². The summed E-state index contributed by atoms with van der Waals surface area (Å²) >= 11 is 0. The van der Waals surface area contributed by atoms with Gasteiger partial charge in [0.25, 0.3) is 0 Å². The quantitative estimate of drug-likeness (QED) is 0.721. The van der Waals surface area contributed by atoms with Crippen LogP contribution in [0.3, 0.4) is 0 Å². The zero-order chi connectivity index (χ0) is 23.8. The van der Waals surface area contributed by atoms with Crippen molar-refractivity contribution in [1.82, 2.24) is 4.31 Å². The minimum atomic E-state index is -3.61. The zero-order valence-corrected chi connectivity index (χ0v) is 19.6. The Labute approximate surface area is 193 Å². The second-order valence-electron chi connectivity index (χ2n) is 8.87. The van der Waals surface area contributed by atoms with Crippen LogP contribution in [0.1, 0.15) is 37.3 Å². The van der Waals surface area contributed by atoms with Crippen molar-refractivity contribution in [3.8, 4) is 0 Å². The number of fused-ring (bicyclic) bond motifs is 1. The van der Waals surface area contributed by atoms with E-state index >= 15 is 0 Å². The fraction of sp³-hybridized carbons (Fsp3) is 0.417.